The molecule has 16 nitrogen and oxygen atoms in total. The van der Waals surface area contributed by atoms with E-state index < -0.39 is 36.5 Å². The average molecular weight is 812 g/mol. The summed E-state index contributed by atoms with van der Waals surface area (Å²) >= 11 is 0. The summed E-state index contributed by atoms with van der Waals surface area (Å²) in [6, 6.07) is 14.4. The molecule has 7 rings (SSSR count). The van der Waals surface area contributed by atoms with E-state index in [9.17, 15) is 19.2 Å². The van der Waals surface area contributed by atoms with Gasteiger partial charge >= 0.3 is 12.2 Å². The third-order valence-electron chi connectivity index (χ3n) is 11.9. The van der Waals surface area contributed by atoms with Gasteiger partial charge in [0.1, 0.15) is 17.9 Å². The number of imidazole rings is 1. The summed E-state index contributed by atoms with van der Waals surface area (Å²) in [5, 5.41) is 5.29. The van der Waals surface area contributed by atoms with Crippen LogP contribution in [0.4, 0.5) is 9.59 Å². The fraction of sp³-hybridized carbons (Fsp3) is 0.465. The zero-order chi connectivity index (χ0) is 41.8. The summed E-state index contributed by atoms with van der Waals surface area (Å²) in [6.07, 6.45) is 2.44. The molecular weight excluding hydrogens is 759 g/mol. The number of fused-ring (bicyclic) bond motifs is 1. The van der Waals surface area contributed by atoms with Crippen molar-refractivity contribution in [2.24, 2.45) is 0 Å². The van der Waals surface area contributed by atoms with Crippen LogP contribution >= 0.6 is 0 Å². The van der Waals surface area contributed by atoms with Gasteiger partial charge in [-0.05, 0) is 61.8 Å². The Labute approximate surface area is 343 Å². The first-order chi connectivity index (χ1) is 28.6. The molecule has 0 unspecified atom stereocenters. The van der Waals surface area contributed by atoms with Crippen LogP contribution in [0.25, 0.3) is 33.6 Å². The lowest BCUT2D eigenvalue weighted by Gasteiger charge is -2.31. The Hall–Kier alpha value is -5.71. The molecule has 0 bridgehead atoms. The van der Waals surface area contributed by atoms with Crippen molar-refractivity contribution in [3.63, 3.8) is 0 Å². The molecule has 2 aromatic carbocycles. The summed E-state index contributed by atoms with van der Waals surface area (Å²) in [4.78, 5) is 67.1. The summed E-state index contributed by atoms with van der Waals surface area (Å²) in [5.74, 6) is 0.216. The molecule has 0 spiro atoms. The number of alkyl carbamates (subject to hydrolysis) is 2. The molecule has 4 aromatic rings. The number of methoxy groups -OCH3 is 4. The van der Waals surface area contributed by atoms with Gasteiger partial charge in [-0.2, -0.15) is 0 Å². The molecule has 2 aromatic heterocycles. The molecular formula is C43H53N7O9. The maximum atomic E-state index is 13.9. The first-order valence-corrected chi connectivity index (χ1v) is 20.0. The van der Waals surface area contributed by atoms with Gasteiger partial charge in [0.2, 0.25) is 11.8 Å². The SMILES string of the molecule is COC(=O)N[C@H](C(=O)N1CCC[C@H]1c1ncc(-c2ccc(-c3ccc(-c4[nH]c([C@@H]5CCCN5C(=O)[C@@H](NC(=O)OC)[C@@H](C)OC)c5c4COC5)cc3)cc2)[nH]1)[C@@H](C)OC. The molecule has 16 heteroatoms. The fourth-order valence-electron chi connectivity index (χ4n) is 8.44. The van der Waals surface area contributed by atoms with Crippen LogP contribution in [0.15, 0.2) is 54.7 Å². The van der Waals surface area contributed by atoms with Crippen molar-refractivity contribution in [1.29, 1.82) is 0 Å². The van der Waals surface area contributed by atoms with Crippen molar-refractivity contribution in [1.82, 2.24) is 35.4 Å². The Balaban J connectivity index is 1.05. The highest BCUT2D eigenvalue weighted by Gasteiger charge is 2.41. The van der Waals surface area contributed by atoms with E-state index >= 15 is 0 Å². The maximum absolute atomic E-state index is 13.9. The molecule has 0 radical (unpaired) electrons. The maximum Gasteiger partial charge on any atom is 0.407 e. The van der Waals surface area contributed by atoms with Gasteiger partial charge in [0.25, 0.3) is 0 Å². The number of benzene rings is 2. The third kappa shape index (κ3) is 8.42. The first kappa shape index (κ1) is 41.4. The van der Waals surface area contributed by atoms with E-state index in [1.54, 1.807) is 24.9 Å². The van der Waals surface area contributed by atoms with Crippen LogP contribution in [-0.4, -0.2) is 115 Å². The molecule has 6 atom stereocenters. The highest BCUT2D eigenvalue weighted by molar-refractivity contribution is 5.88. The molecule has 0 saturated carbocycles. The number of aromatic nitrogens is 3. The van der Waals surface area contributed by atoms with Gasteiger partial charge in [-0.25, -0.2) is 14.6 Å². The Morgan fingerprint density at radius 1 is 0.695 bits per heavy atom. The van der Waals surface area contributed by atoms with Gasteiger partial charge in [0, 0.05) is 44.1 Å². The van der Waals surface area contributed by atoms with Gasteiger partial charge < -0.3 is 54.1 Å². The van der Waals surface area contributed by atoms with Crippen molar-refractivity contribution in [3.05, 3.63) is 77.4 Å². The van der Waals surface area contributed by atoms with Crippen molar-refractivity contribution >= 4 is 24.0 Å². The second-order valence-electron chi connectivity index (χ2n) is 15.2. The Bertz CT molecular complexity index is 2130. The second kappa shape index (κ2) is 18.1. The summed E-state index contributed by atoms with van der Waals surface area (Å²) in [7, 11) is 5.54. The van der Waals surface area contributed by atoms with E-state index in [-0.39, 0.29) is 23.9 Å². The Morgan fingerprint density at radius 3 is 1.73 bits per heavy atom. The first-order valence-electron chi connectivity index (χ1n) is 20.0. The van der Waals surface area contributed by atoms with E-state index in [1.807, 2.05) is 17.0 Å². The van der Waals surface area contributed by atoms with Crippen molar-refractivity contribution in [3.8, 4) is 33.6 Å². The van der Waals surface area contributed by atoms with Gasteiger partial charge in [-0.1, -0.05) is 48.5 Å². The van der Waals surface area contributed by atoms with Gasteiger partial charge in [0.15, 0.2) is 0 Å². The molecule has 5 heterocycles. The lowest BCUT2D eigenvalue weighted by Crippen LogP contribution is -2.54. The minimum Gasteiger partial charge on any atom is -0.453 e. The van der Waals surface area contributed by atoms with Gasteiger partial charge in [-0.3, -0.25) is 9.59 Å². The predicted molar refractivity (Wildman–Crippen MR) is 217 cm³/mol. The van der Waals surface area contributed by atoms with Crippen LogP contribution in [0, 0.1) is 0 Å². The number of carbonyl (C=O) groups excluding carboxylic acids is 4. The van der Waals surface area contributed by atoms with Crippen molar-refractivity contribution in [2.45, 2.75) is 89.1 Å². The molecule has 4 N–H and O–H groups in total. The van der Waals surface area contributed by atoms with Gasteiger partial charge in [0.05, 0.1) is 69.3 Å². The monoisotopic (exact) mass is 811 g/mol. The highest BCUT2D eigenvalue weighted by Crippen LogP contribution is 2.42. The van der Waals surface area contributed by atoms with Crippen LogP contribution in [0.5, 0.6) is 0 Å². The number of likely N-dealkylation sites (tertiary alicyclic amines) is 2. The largest absolute Gasteiger partial charge is 0.453 e. The Morgan fingerprint density at radius 2 is 1.19 bits per heavy atom. The van der Waals surface area contributed by atoms with E-state index in [4.69, 9.17) is 23.7 Å². The highest BCUT2D eigenvalue weighted by atomic mass is 16.5. The van der Waals surface area contributed by atoms with E-state index in [2.05, 4.69) is 62.0 Å². The number of H-pyrrole nitrogens is 2. The summed E-state index contributed by atoms with van der Waals surface area (Å²) in [6.45, 7) is 5.52. The van der Waals surface area contributed by atoms with E-state index in [1.165, 1.54) is 28.4 Å². The normalized spacial score (nSPS) is 19.5. The van der Waals surface area contributed by atoms with E-state index in [0.29, 0.717) is 32.1 Å². The zero-order valence-corrected chi connectivity index (χ0v) is 34.3. The lowest BCUT2D eigenvalue weighted by atomic mass is 9.99. The number of nitrogens with zero attached hydrogens (tertiary/aromatic N) is 3. The summed E-state index contributed by atoms with van der Waals surface area (Å²) < 4.78 is 26.4. The topological polar surface area (TPSA) is 189 Å². The fourth-order valence-corrected chi connectivity index (χ4v) is 8.44. The number of hydrogen-bond donors (Lipinski definition) is 4. The number of nitrogens with one attached hydrogen (secondary N) is 4. The standard InChI is InChI=1S/C43H53N7O9/c1-24(55-3)35(47-42(53)57-5)40(51)49-19-7-9-33(49)38-31-23-59-22-30(31)37(46-38)29-17-13-27(14-18-29)26-11-15-28(16-12-26)32-21-44-39(45-32)34-10-8-20-50(34)41(52)36(25(2)56-4)48-43(54)58-6/h11-18,21,24-25,33-36,46H,7-10,19-20,22-23H2,1-6H3,(H,44,45)(H,47,53)(H,48,54)/t24-,25-,33+,34+,35+,36+/m1/s1. The van der Waals surface area contributed by atoms with Crippen LogP contribution in [0.3, 0.4) is 0 Å². The smallest absolute Gasteiger partial charge is 0.407 e. The lowest BCUT2D eigenvalue weighted by molar-refractivity contribution is -0.138. The van der Waals surface area contributed by atoms with Crippen molar-refractivity contribution < 1.29 is 42.9 Å². The number of aromatic amines is 2. The average Bonchev–Trinajstić information content (AvgIpc) is 4.12. The predicted octanol–water partition coefficient (Wildman–Crippen LogP) is 5.62. The molecule has 314 valence electrons. The van der Waals surface area contributed by atoms with Crippen LogP contribution in [-0.2, 0) is 46.5 Å². The number of carbonyl (C=O) groups is 4. The van der Waals surface area contributed by atoms with Crippen molar-refractivity contribution in [2.75, 3.05) is 41.5 Å². The molecule has 0 aliphatic carbocycles. The summed E-state index contributed by atoms with van der Waals surface area (Å²) in [5.41, 5.74) is 9.02. The number of rotatable bonds is 13. The van der Waals surface area contributed by atoms with Crippen LogP contribution in [0.1, 0.15) is 74.3 Å². The molecule has 3 aliphatic heterocycles. The van der Waals surface area contributed by atoms with Crippen LogP contribution < -0.4 is 10.6 Å². The molecule has 59 heavy (non-hydrogen) atoms. The number of hydrogen-bond acceptors (Lipinski definition) is 10. The quantitative estimate of drug-likeness (QED) is 0.132. The molecule has 3 aliphatic rings. The van der Waals surface area contributed by atoms with Crippen LogP contribution in [0.2, 0.25) is 0 Å². The number of ether oxygens (including phenoxy) is 5. The third-order valence-corrected chi connectivity index (χ3v) is 11.9. The second-order valence-corrected chi connectivity index (χ2v) is 15.2. The molecule has 4 amide bonds. The molecule has 2 fully saturated rings. The number of amides is 4. The van der Waals surface area contributed by atoms with E-state index in [0.717, 1.165) is 76.1 Å². The minimum atomic E-state index is -0.901. The molecule has 2 saturated heterocycles. The minimum absolute atomic E-state index is 0.201. The van der Waals surface area contributed by atoms with Gasteiger partial charge in [-0.15, -0.1) is 0 Å². The zero-order valence-electron chi connectivity index (χ0n) is 34.3. The Kier molecular flexibility index (Phi) is 12.7.